The number of hydrogen-bond donors (Lipinski definition) is 2. The van der Waals surface area contributed by atoms with Gasteiger partial charge in [0.05, 0.1) is 0 Å². The van der Waals surface area contributed by atoms with E-state index in [-0.39, 0.29) is 0 Å². The summed E-state index contributed by atoms with van der Waals surface area (Å²) in [6.45, 7) is 10.1. The van der Waals surface area contributed by atoms with Crippen molar-refractivity contribution in [3.8, 4) is 0 Å². The standard InChI is InChI=1S/C25H48N4/c1-4-19-8-11-28(12-9-19)24-16-22(17-24)27-18-25-14-20(5-2)10-13-29(25)23-7-6-21(15-23)26-3/h19-27H,4-18H2,1-3H3. The summed E-state index contributed by atoms with van der Waals surface area (Å²) in [6, 6.07) is 4.00. The fourth-order valence-electron chi connectivity index (χ4n) is 6.81. The molecule has 4 unspecified atom stereocenters. The van der Waals surface area contributed by atoms with E-state index in [2.05, 4.69) is 41.3 Å². The van der Waals surface area contributed by atoms with Crippen LogP contribution in [0.3, 0.4) is 0 Å². The maximum atomic E-state index is 4.02. The van der Waals surface area contributed by atoms with Crippen LogP contribution in [0.4, 0.5) is 0 Å². The van der Waals surface area contributed by atoms with E-state index in [4.69, 9.17) is 0 Å². The Morgan fingerprint density at radius 1 is 0.724 bits per heavy atom. The molecule has 0 spiro atoms. The van der Waals surface area contributed by atoms with Crippen LogP contribution in [-0.2, 0) is 0 Å². The molecule has 0 bridgehead atoms. The van der Waals surface area contributed by atoms with Gasteiger partial charge in [-0.05, 0) is 96.3 Å². The van der Waals surface area contributed by atoms with Gasteiger partial charge in [-0.15, -0.1) is 0 Å². The highest BCUT2D eigenvalue weighted by Gasteiger charge is 2.38. The van der Waals surface area contributed by atoms with Gasteiger partial charge in [-0.25, -0.2) is 0 Å². The molecule has 2 heterocycles. The van der Waals surface area contributed by atoms with E-state index in [0.717, 1.165) is 42.0 Å². The van der Waals surface area contributed by atoms with Gasteiger partial charge in [-0.3, -0.25) is 4.90 Å². The van der Waals surface area contributed by atoms with Gasteiger partial charge in [0.2, 0.25) is 0 Å². The summed E-state index contributed by atoms with van der Waals surface area (Å²) >= 11 is 0. The lowest BCUT2D eigenvalue weighted by atomic mass is 9.82. The second kappa shape index (κ2) is 10.4. The molecule has 4 nitrogen and oxygen atoms in total. The first kappa shape index (κ1) is 22.0. The van der Waals surface area contributed by atoms with E-state index in [1.165, 1.54) is 96.8 Å². The molecule has 0 radical (unpaired) electrons. The number of likely N-dealkylation sites (tertiary alicyclic amines) is 2. The first-order valence-corrected chi connectivity index (χ1v) is 13.1. The zero-order valence-corrected chi connectivity index (χ0v) is 19.5. The molecule has 168 valence electrons. The summed E-state index contributed by atoms with van der Waals surface area (Å²) in [7, 11) is 2.15. The fourth-order valence-corrected chi connectivity index (χ4v) is 6.81. The van der Waals surface area contributed by atoms with Crippen molar-refractivity contribution in [1.29, 1.82) is 0 Å². The summed E-state index contributed by atoms with van der Waals surface area (Å²) in [5.41, 5.74) is 0. The summed E-state index contributed by atoms with van der Waals surface area (Å²) < 4.78 is 0. The third kappa shape index (κ3) is 5.37. The van der Waals surface area contributed by atoms with Crippen molar-refractivity contribution < 1.29 is 0 Å². The molecule has 0 aromatic rings. The molecule has 2 saturated carbocycles. The Morgan fingerprint density at radius 2 is 1.41 bits per heavy atom. The van der Waals surface area contributed by atoms with Crippen LogP contribution in [0, 0.1) is 11.8 Å². The molecule has 4 heteroatoms. The zero-order chi connectivity index (χ0) is 20.2. The molecular formula is C25H48N4. The molecule has 0 amide bonds. The Labute approximate surface area is 180 Å². The predicted octanol–water partition coefficient (Wildman–Crippen LogP) is 3.86. The minimum absolute atomic E-state index is 0.752. The van der Waals surface area contributed by atoms with Gasteiger partial charge < -0.3 is 15.5 Å². The summed E-state index contributed by atoms with van der Waals surface area (Å²) in [5.74, 6) is 1.95. The van der Waals surface area contributed by atoms with E-state index >= 15 is 0 Å². The highest BCUT2D eigenvalue weighted by atomic mass is 15.2. The van der Waals surface area contributed by atoms with E-state index in [9.17, 15) is 0 Å². The molecule has 2 N–H and O–H groups in total. The van der Waals surface area contributed by atoms with Crippen molar-refractivity contribution in [2.45, 2.75) is 115 Å². The molecule has 2 aliphatic heterocycles. The largest absolute Gasteiger partial charge is 0.317 e. The van der Waals surface area contributed by atoms with Crippen molar-refractivity contribution >= 4 is 0 Å². The van der Waals surface area contributed by atoms with E-state index in [1.807, 2.05) is 0 Å². The van der Waals surface area contributed by atoms with Crippen molar-refractivity contribution in [3.05, 3.63) is 0 Å². The molecule has 29 heavy (non-hydrogen) atoms. The van der Waals surface area contributed by atoms with Crippen molar-refractivity contribution in [2.24, 2.45) is 11.8 Å². The molecule has 0 aromatic carbocycles. The van der Waals surface area contributed by atoms with Gasteiger partial charge in [0, 0.05) is 36.8 Å². The second-order valence-electron chi connectivity index (χ2n) is 10.8. The lowest BCUT2D eigenvalue weighted by Gasteiger charge is -2.48. The summed E-state index contributed by atoms with van der Waals surface area (Å²) in [4.78, 5) is 5.73. The number of nitrogens with one attached hydrogen (secondary N) is 2. The van der Waals surface area contributed by atoms with Crippen LogP contribution in [0.1, 0.15) is 84.5 Å². The minimum atomic E-state index is 0.752. The van der Waals surface area contributed by atoms with E-state index in [1.54, 1.807) is 0 Å². The Balaban J connectivity index is 1.22. The van der Waals surface area contributed by atoms with Crippen molar-refractivity contribution in [2.75, 3.05) is 33.2 Å². The average molecular weight is 405 g/mol. The molecule has 4 atom stereocenters. The van der Waals surface area contributed by atoms with E-state index < -0.39 is 0 Å². The highest BCUT2D eigenvalue weighted by molar-refractivity contribution is 4.96. The average Bonchev–Trinajstić information content (AvgIpc) is 3.22. The Hall–Kier alpha value is -0.160. The summed E-state index contributed by atoms with van der Waals surface area (Å²) in [5, 5.41) is 7.55. The van der Waals surface area contributed by atoms with Crippen LogP contribution >= 0.6 is 0 Å². The number of piperidine rings is 2. The zero-order valence-electron chi connectivity index (χ0n) is 19.5. The molecule has 0 aromatic heterocycles. The number of rotatable bonds is 8. The van der Waals surface area contributed by atoms with Gasteiger partial charge in [-0.2, -0.15) is 0 Å². The maximum Gasteiger partial charge on any atom is 0.0226 e. The monoisotopic (exact) mass is 404 g/mol. The Bertz CT molecular complexity index is 483. The van der Waals surface area contributed by atoms with Gasteiger partial charge in [-0.1, -0.05) is 26.7 Å². The topological polar surface area (TPSA) is 30.5 Å². The first-order valence-electron chi connectivity index (χ1n) is 13.1. The molecule has 2 aliphatic carbocycles. The van der Waals surface area contributed by atoms with Crippen LogP contribution in [0.15, 0.2) is 0 Å². The maximum absolute atomic E-state index is 4.02. The number of hydrogen-bond acceptors (Lipinski definition) is 4. The van der Waals surface area contributed by atoms with Crippen LogP contribution in [0.25, 0.3) is 0 Å². The molecular weight excluding hydrogens is 356 g/mol. The second-order valence-corrected chi connectivity index (χ2v) is 10.8. The van der Waals surface area contributed by atoms with Crippen LogP contribution in [-0.4, -0.2) is 73.2 Å². The van der Waals surface area contributed by atoms with Gasteiger partial charge in [0.15, 0.2) is 0 Å². The SMILES string of the molecule is CCC1CCN(C2CC(NCC3CC(CC)CCN3C3CCC(NC)C3)C2)CC1. The van der Waals surface area contributed by atoms with Crippen molar-refractivity contribution in [1.82, 2.24) is 20.4 Å². The molecule has 4 fully saturated rings. The Kier molecular flexibility index (Phi) is 7.93. The van der Waals surface area contributed by atoms with Crippen LogP contribution < -0.4 is 10.6 Å². The molecule has 4 aliphatic rings. The lowest BCUT2D eigenvalue weighted by molar-refractivity contribution is 0.0434. The van der Waals surface area contributed by atoms with Crippen molar-refractivity contribution in [3.63, 3.8) is 0 Å². The number of nitrogens with zero attached hydrogens (tertiary/aromatic N) is 2. The van der Waals surface area contributed by atoms with Gasteiger partial charge >= 0.3 is 0 Å². The van der Waals surface area contributed by atoms with Crippen LogP contribution in [0.2, 0.25) is 0 Å². The van der Waals surface area contributed by atoms with Gasteiger partial charge in [0.25, 0.3) is 0 Å². The summed E-state index contributed by atoms with van der Waals surface area (Å²) in [6.07, 6.45) is 15.4. The minimum Gasteiger partial charge on any atom is -0.317 e. The quantitative estimate of drug-likeness (QED) is 0.643. The van der Waals surface area contributed by atoms with E-state index in [0.29, 0.717) is 0 Å². The van der Waals surface area contributed by atoms with Gasteiger partial charge in [0.1, 0.15) is 0 Å². The smallest absolute Gasteiger partial charge is 0.0226 e. The fraction of sp³-hybridized carbons (Fsp3) is 1.00. The first-order chi connectivity index (χ1) is 14.2. The third-order valence-electron chi connectivity index (χ3n) is 9.23. The lowest BCUT2D eigenvalue weighted by Crippen LogP contribution is -2.58. The highest BCUT2D eigenvalue weighted by Crippen LogP contribution is 2.34. The molecule has 4 rings (SSSR count). The predicted molar refractivity (Wildman–Crippen MR) is 123 cm³/mol. The Morgan fingerprint density at radius 3 is 2.07 bits per heavy atom. The molecule has 2 saturated heterocycles. The normalized spacial score (nSPS) is 40.2. The van der Waals surface area contributed by atoms with Crippen LogP contribution in [0.5, 0.6) is 0 Å². The third-order valence-corrected chi connectivity index (χ3v) is 9.23.